The van der Waals surface area contributed by atoms with Crippen LogP contribution in [-0.2, 0) is 0 Å². The number of ether oxygens (including phenoxy) is 1. The second-order valence-corrected chi connectivity index (χ2v) is 4.42. The highest BCUT2D eigenvalue weighted by Crippen LogP contribution is 2.23. The molecule has 0 aliphatic heterocycles. The van der Waals surface area contributed by atoms with Gasteiger partial charge in [0.05, 0.1) is 23.4 Å². The Balaban J connectivity index is 2.28. The number of aromatic nitrogens is 2. The number of anilines is 2. The summed E-state index contributed by atoms with van der Waals surface area (Å²) in [5.74, 6) is 0.0757. The molecule has 0 saturated carbocycles. The third-order valence-electron chi connectivity index (χ3n) is 2.54. The Bertz CT molecular complexity index is 661. The monoisotopic (exact) mass is 292 g/mol. The number of amides is 1. The van der Waals surface area contributed by atoms with Gasteiger partial charge in [-0.1, -0.05) is 17.7 Å². The fourth-order valence-electron chi connectivity index (χ4n) is 1.59. The maximum absolute atomic E-state index is 12.1. The molecule has 20 heavy (non-hydrogen) atoms. The summed E-state index contributed by atoms with van der Waals surface area (Å²) in [4.78, 5) is 20.3. The maximum atomic E-state index is 12.1. The summed E-state index contributed by atoms with van der Waals surface area (Å²) in [6.45, 7) is 1.77. The standard InChI is InChI=1S/C13H13ClN4O2/c1-7-6-10(20-2)17-13(16-7)18-12(19)8-4-3-5-9(15)11(8)14/h3-6H,15H2,1-2H3,(H,16,17,18,19). The van der Waals surface area contributed by atoms with Crippen LogP contribution in [0.1, 0.15) is 16.1 Å². The van der Waals surface area contributed by atoms with E-state index < -0.39 is 5.91 Å². The molecule has 0 aliphatic carbocycles. The topological polar surface area (TPSA) is 90.1 Å². The molecule has 0 fully saturated rings. The van der Waals surface area contributed by atoms with E-state index in [4.69, 9.17) is 22.1 Å². The summed E-state index contributed by atoms with van der Waals surface area (Å²) in [5, 5.41) is 2.76. The van der Waals surface area contributed by atoms with Gasteiger partial charge in [-0.25, -0.2) is 4.98 Å². The number of carbonyl (C=O) groups excluding carboxylic acids is 1. The van der Waals surface area contributed by atoms with E-state index in [0.29, 0.717) is 17.3 Å². The molecule has 6 nitrogen and oxygen atoms in total. The first kappa shape index (κ1) is 14.1. The van der Waals surface area contributed by atoms with Crippen molar-refractivity contribution < 1.29 is 9.53 Å². The second-order valence-electron chi connectivity index (χ2n) is 4.04. The second kappa shape index (κ2) is 5.75. The molecule has 0 spiro atoms. The Morgan fingerprint density at radius 3 is 2.85 bits per heavy atom. The Morgan fingerprint density at radius 2 is 2.15 bits per heavy atom. The van der Waals surface area contributed by atoms with Crippen molar-refractivity contribution in [2.45, 2.75) is 6.92 Å². The highest BCUT2D eigenvalue weighted by atomic mass is 35.5. The number of nitrogens with zero attached hydrogens (tertiary/aromatic N) is 2. The van der Waals surface area contributed by atoms with E-state index in [0.717, 1.165) is 0 Å². The average molecular weight is 293 g/mol. The minimum atomic E-state index is -0.435. The molecule has 7 heteroatoms. The van der Waals surface area contributed by atoms with Crippen molar-refractivity contribution in [3.05, 3.63) is 40.5 Å². The van der Waals surface area contributed by atoms with E-state index in [1.54, 1.807) is 31.2 Å². The normalized spacial score (nSPS) is 10.2. The van der Waals surface area contributed by atoms with Gasteiger partial charge in [0.15, 0.2) is 0 Å². The van der Waals surface area contributed by atoms with Gasteiger partial charge in [-0.15, -0.1) is 0 Å². The van der Waals surface area contributed by atoms with Crippen molar-refractivity contribution in [2.24, 2.45) is 0 Å². The molecule has 0 aliphatic rings. The van der Waals surface area contributed by atoms with Crippen LogP contribution >= 0.6 is 11.6 Å². The molecule has 1 aromatic heterocycles. The number of nitrogen functional groups attached to an aromatic ring is 1. The number of methoxy groups -OCH3 is 1. The van der Waals surface area contributed by atoms with Crippen molar-refractivity contribution in [2.75, 3.05) is 18.2 Å². The number of halogens is 1. The third kappa shape index (κ3) is 2.97. The number of carbonyl (C=O) groups is 1. The SMILES string of the molecule is COc1cc(C)nc(NC(=O)c2cccc(N)c2Cl)n1. The van der Waals surface area contributed by atoms with Crippen LogP contribution in [0.15, 0.2) is 24.3 Å². The Morgan fingerprint density at radius 1 is 1.40 bits per heavy atom. The molecule has 0 saturated heterocycles. The first-order valence-corrected chi connectivity index (χ1v) is 6.14. The lowest BCUT2D eigenvalue weighted by Gasteiger charge is -2.08. The van der Waals surface area contributed by atoms with Crippen molar-refractivity contribution in [3.63, 3.8) is 0 Å². The van der Waals surface area contributed by atoms with Crippen molar-refractivity contribution in [1.82, 2.24) is 9.97 Å². The Labute approximate surface area is 120 Å². The van der Waals surface area contributed by atoms with Crippen molar-refractivity contribution >= 4 is 29.1 Å². The van der Waals surface area contributed by atoms with Gasteiger partial charge in [-0.3, -0.25) is 10.1 Å². The molecule has 0 atom stereocenters. The number of aryl methyl sites for hydroxylation is 1. The lowest BCUT2D eigenvalue weighted by Crippen LogP contribution is -2.15. The summed E-state index contributed by atoms with van der Waals surface area (Å²) in [7, 11) is 1.49. The predicted molar refractivity (Wildman–Crippen MR) is 77.1 cm³/mol. The highest BCUT2D eigenvalue weighted by molar-refractivity contribution is 6.36. The van der Waals surface area contributed by atoms with E-state index in [9.17, 15) is 4.79 Å². The molecule has 1 amide bonds. The molecule has 0 bridgehead atoms. The van der Waals surface area contributed by atoms with E-state index in [2.05, 4.69) is 15.3 Å². The summed E-state index contributed by atoms with van der Waals surface area (Å²) in [5.41, 5.74) is 6.93. The van der Waals surface area contributed by atoms with Crippen LogP contribution in [0, 0.1) is 6.92 Å². The first-order valence-electron chi connectivity index (χ1n) is 5.76. The van der Waals surface area contributed by atoms with Crippen LogP contribution < -0.4 is 15.8 Å². The molecule has 1 heterocycles. The van der Waals surface area contributed by atoms with Gasteiger partial charge in [-0.2, -0.15) is 4.98 Å². The Kier molecular flexibility index (Phi) is 4.05. The van der Waals surface area contributed by atoms with Crippen LogP contribution in [0.3, 0.4) is 0 Å². The van der Waals surface area contributed by atoms with E-state index in [1.165, 1.54) is 7.11 Å². The van der Waals surface area contributed by atoms with Crippen molar-refractivity contribution in [3.8, 4) is 5.88 Å². The number of hydrogen-bond donors (Lipinski definition) is 2. The molecule has 104 valence electrons. The largest absolute Gasteiger partial charge is 0.481 e. The summed E-state index contributed by atoms with van der Waals surface area (Å²) in [6, 6.07) is 6.49. The van der Waals surface area contributed by atoms with Gasteiger partial charge in [0, 0.05) is 11.8 Å². The van der Waals surface area contributed by atoms with E-state index in [1.807, 2.05) is 0 Å². The molecule has 3 N–H and O–H groups in total. The maximum Gasteiger partial charge on any atom is 0.259 e. The van der Waals surface area contributed by atoms with Crippen LogP contribution in [-0.4, -0.2) is 23.0 Å². The van der Waals surface area contributed by atoms with Gasteiger partial charge in [0.25, 0.3) is 5.91 Å². The number of hydrogen-bond acceptors (Lipinski definition) is 5. The quantitative estimate of drug-likeness (QED) is 0.847. The average Bonchev–Trinajstić information content (AvgIpc) is 2.41. The summed E-state index contributed by atoms with van der Waals surface area (Å²) < 4.78 is 5.02. The third-order valence-corrected chi connectivity index (χ3v) is 2.96. The summed E-state index contributed by atoms with van der Waals surface area (Å²) >= 11 is 5.99. The zero-order valence-corrected chi connectivity index (χ0v) is 11.7. The molecular weight excluding hydrogens is 280 g/mol. The minimum Gasteiger partial charge on any atom is -0.481 e. The van der Waals surface area contributed by atoms with E-state index in [-0.39, 0.29) is 16.5 Å². The van der Waals surface area contributed by atoms with E-state index >= 15 is 0 Å². The molecule has 2 aromatic rings. The Hall–Kier alpha value is -2.34. The lowest BCUT2D eigenvalue weighted by atomic mass is 10.2. The zero-order chi connectivity index (χ0) is 14.7. The zero-order valence-electron chi connectivity index (χ0n) is 11.0. The minimum absolute atomic E-state index is 0.144. The van der Waals surface area contributed by atoms with Crippen LogP contribution in [0.5, 0.6) is 5.88 Å². The highest BCUT2D eigenvalue weighted by Gasteiger charge is 2.14. The van der Waals surface area contributed by atoms with Crippen LogP contribution in [0.2, 0.25) is 5.02 Å². The molecule has 0 radical (unpaired) electrons. The molecular formula is C13H13ClN4O2. The van der Waals surface area contributed by atoms with Gasteiger partial charge in [0.2, 0.25) is 11.8 Å². The van der Waals surface area contributed by atoms with Gasteiger partial charge >= 0.3 is 0 Å². The number of rotatable bonds is 3. The van der Waals surface area contributed by atoms with Gasteiger partial charge in [-0.05, 0) is 19.1 Å². The lowest BCUT2D eigenvalue weighted by molar-refractivity contribution is 0.102. The molecule has 2 rings (SSSR count). The fourth-order valence-corrected chi connectivity index (χ4v) is 1.81. The molecule has 1 aromatic carbocycles. The van der Waals surface area contributed by atoms with Gasteiger partial charge < -0.3 is 10.5 Å². The summed E-state index contributed by atoms with van der Waals surface area (Å²) in [6.07, 6.45) is 0. The first-order chi connectivity index (χ1) is 9.51. The number of benzene rings is 1. The van der Waals surface area contributed by atoms with Crippen molar-refractivity contribution in [1.29, 1.82) is 0 Å². The smallest absolute Gasteiger partial charge is 0.259 e. The fraction of sp³-hybridized carbons (Fsp3) is 0.154. The van der Waals surface area contributed by atoms with Crippen LogP contribution in [0.4, 0.5) is 11.6 Å². The number of nitrogens with two attached hydrogens (primary N) is 1. The molecule has 0 unspecified atom stereocenters. The van der Waals surface area contributed by atoms with Crippen LogP contribution in [0.25, 0.3) is 0 Å². The predicted octanol–water partition coefficient (Wildman–Crippen LogP) is 2.28. The van der Waals surface area contributed by atoms with Gasteiger partial charge in [0.1, 0.15) is 0 Å². The number of nitrogens with one attached hydrogen (secondary N) is 1.